The normalized spacial score (nSPS) is 16.2. The maximum Gasteiger partial charge on any atom is 0.416 e. The number of hydrogen-bond acceptors (Lipinski definition) is 5. The van der Waals surface area contributed by atoms with Crippen LogP contribution in [0.15, 0.2) is 24.3 Å². The Morgan fingerprint density at radius 3 is 2.37 bits per heavy atom. The molecule has 1 fully saturated rings. The average molecular weight is 392 g/mol. The minimum atomic E-state index is -4.42. The van der Waals surface area contributed by atoms with E-state index in [9.17, 15) is 18.0 Å². The number of ether oxygens (including phenoxy) is 1. The molecule has 0 aromatic heterocycles. The van der Waals surface area contributed by atoms with Gasteiger partial charge in [0, 0.05) is 18.8 Å². The van der Waals surface area contributed by atoms with E-state index in [1.165, 1.54) is 12.1 Å². The molecule has 1 saturated heterocycles. The number of hydrogen-bond donors (Lipinski definition) is 4. The monoisotopic (exact) mass is 392 g/mol. The Labute approximate surface area is 152 Å². The van der Waals surface area contributed by atoms with E-state index < -0.39 is 23.7 Å². The van der Waals surface area contributed by atoms with Gasteiger partial charge in [0.05, 0.1) is 18.2 Å². The average Bonchev–Trinajstić information content (AvgIpc) is 3.08. The standard InChI is InChI=1S/C14H17F3N2O2.C2H2O4/c15-14(16,17)10-3-1-4-11(7-10)19-13(20)9-18-8-12-5-2-6-21-12;3-1(4)2(5)6/h1,3-4,7,12,18H,2,5-6,8-9H2,(H,19,20);(H,3,4)(H,5,6). The first-order chi connectivity index (χ1) is 12.6. The summed E-state index contributed by atoms with van der Waals surface area (Å²) in [5.74, 6) is -4.03. The number of halogens is 3. The summed E-state index contributed by atoms with van der Waals surface area (Å²) in [7, 11) is 0. The zero-order valence-electron chi connectivity index (χ0n) is 14.1. The maximum atomic E-state index is 12.5. The Hall–Kier alpha value is -2.66. The lowest BCUT2D eigenvalue weighted by Crippen LogP contribution is -2.33. The van der Waals surface area contributed by atoms with Crippen molar-refractivity contribution in [2.45, 2.75) is 25.1 Å². The summed E-state index contributed by atoms with van der Waals surface area (Å²) < 4.78 is 43.0. The number of rotatable bonds is 5. The molecule has 1 aromatic rings. The van der Waals surface area contributed by atoms with E-state index in [2.05, 4.69) is 10.6 Å². The van der Waals surface area contributed by atoms with Crippen LogP contribution in [0.25, 0.3) is 0 Å². The second-order valence-electron chi connectivity index (χ2n) is 5.50. The van der Waals surface area contributed by atoms with E-state index in [0.29, 0.717) is 6.54 Å². The fraction of sp³-hybridized carbons (Fsp3) is 0.438. The first-order valence-corrected chi connectivity index (χ1v) is 7.85. The third-order valence-corrected chi connectivity index (χ3v) is 3.34. The quantitative estimate of drug-likeness (QED) is 0.561. The number of amides is 1. The van der Waals surface area contributed by atoms with Gasteiger partial charge in [0.1, 0.15) is 0 Å². The summed E-state index contributed by atoms with van der Waals surface area (Å²) in [5, 5.41) is 20.2. The highest BCUT2D eigenvalue weighted by atomic mass is 19.4. The van der Waals surface area contributed by atoms with Crippen molar-refractivity contribution in [1.29, 1.82) is 0 Å². The highest BCUT2D eigenvalue weighted by molar-refractivity contribution is 6.27. The number of alkyl halides is 3. The lowest BCUT2D eigenvalue weighted by atomic mass is 10.2. The van der Waals surface area contributed by atoms with Gasteiger partial charge in [-0.3, -0.25) is 4.79 Å². The predicted octanol–water partition coefficient (Wildman–Crippen LogP) is 1.57. The number of carboxylic acids is 2. The van der Waals surface area contributed by atoms with Gasteiger partial charge in [0.2, 0.25) is 5.91 Å². The predicted molar refractivity (Wildman–Crippen MR) is 87.2 cm³/mol. The van der Waals surface area contributed by atoms with Crippen LogP contribution in [0.4, 0.5) is 18.9 Å². The van der Waals surface area contributed by atoms with E-state index in [1.807, 2.05) is 0 Å². The zero-order chi connectivity index (χ0) is 20.4. The second-order valence-corrected chi connectivity index (χ2v) is 5.50. The van der Waals surface area contributed by atoms with Crippen LogP contribution < -0.4 is 10.6 Å². The molecule has 11 heteroatoms. The third kappa shape index (κ3) is 9.01. The maximum absolute atomic E-state index is 12.5. The van der Waals surface area contributed by atoms with Gasteiger partial charge in [-0.05, 0) is 31.0 Å². The molecule has 0 saturated carbocycles. The molecular weight excluding hydrogens is 373 g/mol. The van der Waals surface area contributed by atoms with E-state index in [4.69, 9.17) is 24.5 Å². The molecule has 4 N–H and O–H groups in total. The summed E-state index contributed by atoms with van der Waals surface area (Å²) in [4.78, 5) is 29.9. The summed E-state index contributed by atoms with van der Waals surface area (Å²) in [6.45, 7) is 1.34. The first-order valence-electron chi connectivity index (χ1n) is 7.85. The molecule has 1 aromatic carbocycles. The Balaban J connectivity index is 0.000000527. The van der Waals surface area contributed by atoms with Crippen molar-refractivity contribution in [2.75, 3.05) is 25.0 Å². The van der Waals surface area contributed by atoms with E-state index in [-0.39, 0.29) is 24.2 Å². The highest BCUT2D eigenvalue weighted by Gasteiger charge is 2.30. The van der Waals surface area contributed by atoms with Gasteiger partial charge in [-0.1, -0.05) is 6.07 Å². The van der Waals surface area contributed by atoms with Crippen molar-refractivity contribution in [2.24, 2.45) is 0 Å². The van der Waals surface area contributed by atoms with E-state index in [1.54, 1.807) is 0 Å². The van der Waals surface area contributed by atoms with Gasteiger partial charge in [-0.15, -0.1) is 0 Å². The molecule has 0 bridgehead atoms. The molecule has 1 unspecified atom stereocenters. The lowest BCUT2D eigenvalue weighted by Gasteiger charge is -2.12. The van der Waals surface area contributed by atoms with Crippen LogP contribution in [0.1, 0.15) is 18.4 Å². The largest absolute Gasteiger partial charge is 0.473 e. The number of carbonyl (C=O) groups is 3. The summed E-state index contributed by atoms with van der Waals surface area (Å²) >= 11 is 0. The lowest BCUT2D eigenvalue weighted by molar-refractivity contribution is -0.159. The van der Waals surface area contributed by atoms with Gasteiger partial charge >= 0.3 is 18.1 Å². The second kappa shape index (κ2) is 10.5. The van der Waals surface area contributed by atoms with Crippen LogP contribution in [0.2, 0.25) is 0 Å². The number of carboxylic acid groups (broad SMARTS) is 2. The Morgan fingerprint density at radius 2 is 1.85 bits per heavy atom. The van der Waals surface area contributed by atoms with E-state index >= 15 is 0 Å². The summed E-state index contributed by atoms with van der Waals surface area (Å²) in [5.41, 5.74) is -0.652. The van der Waals surface area contributed by atoms with Crippen LogP contribution in [0.5, 0.6) is 0 Å². The third-order valence-electron chi connectivity index (χ3n) is 3.34. The van der Waals surface area contributed by atoms with Crippen LogP contribution in [-0.2, 0) is 25.3 Å². The first kappa shape index (κ1) is 22.4. The Morgan fingerprint density at radius 1 is 1.19 bits per heavy atom. The fourth-order valence-electron chi connectivity index (χ4n) is 2.13. The molecule has 0 spiro atoms. The minimum Gasteiger partial charge on any atom is -0.473 e. The van der Waals surface area contributed by atoms with Gasteiger partial charge in [0.25, 0.3) is 0 Å². The molecule has 0 aliphatic carbocycles. The fourth-order valence-corrected chi connectivity index (χ4v) is 2.13. The molecular formula is C16H19F3N2O6. The van der Waals surface area contributed by atoms with Crippen molar-refractivity contribution < 1.29 is 42.5 Å². The van der Waals surface area contributed by atoms with E-state index in [0.717, 1.165) is 31.6 Å². The molecule has 0 radical (unpaired) electrons. The molecule has 1 amide bonds. The minimum absolute atomic E-state index is 0.0378. The number of anilines is 1. The summed E-state index contributed by atoms with van der Waals surface area (Å²) in [6.07, 6.45) is -2.32. The zero-order valence-corrected chi connectivity index (χ0v) is 14.1. The van der Waals surface area contributed by atoms with Crippen LogP contribution in [0.3, 0.4) is 0 Å². The number of aliphatic carboxylic acids is 2. The molecule has 1 aliphatic heterocycles. The molecule has 1 atom stereocenters. The molecule has 27 heavy (non-hydrogen) atoms. The summed E-state index contributed by atoms with van der Waals surface area (Å²) in [6, 6.07) is 4.56. The van der Waals surface area contributed by atoms with Crippen LogP contribution in [-0.4, -0.2) is 53.9 Å². The highest BCUT2D eigenvalue weighted by Crippen LogP contribution is 2.30. The SMILES string of the molecule is O=C(CNCC1CCCO1)Nc1cccc(C(F)(F)F)c1.O=C(O)C(=O)O. The Kier molecular flexibility index (Phi) is 8.69. The van der Waals surface area contributed by atoms with Gasteiger partial charge in [0.15, 0.2) is 0 Å². The smallest absolute Gasteiger partial charge is 0.416 e. The Bertz CT molecular complexity index is 648. The van der Waals surface area contributed by atoms with Crippen molar-refractivity contribution in [3.05, 3.63) is 29.8 Å². The number of benzene rings is 1. The van der Waals surface area contributed by atoms with Crippen LogP contribution in [0, 0.1) is 0 Å². The number of carbonyl (C=O) groups excluding carboxylic acids is 1. The molecule has 1 aliphatic rings. The van der Waals surface area contributed by atoms with Gasteiger partial charge < -0.3 is 25.6 Å². The molecule has 1 heterocycles. The van der Waals surface area contributed by atoms with Crippen molar-refractivity contribution in [1.82, 2.24) is 5.32 Å². The molecule has 150 valence electrons. The molecule has 8 nitrogen and oxygen atoms in total. The number of nitrogens with one attached hydrogen (secondary N) is 2. The molecule has 2 rings (SSSR count). The van der Waals surface area contributed by atoms with Crippen molar-refractivity contribution in [3.63, 3.8) is 0 Å². The van der Waals surface area contributed by atoms with Crippen LogP contribution >= 0.6 is 0 Å². The van der Waals surface area contributed by atoms with Crippen molar-refractivity contribution >= 4 is 23.5 Å². The van der Waals surface area contributed by atoms with Crippen molar-refractivity contribution in [3.8, 4) is 0 Å². The topological polar surface area (TPSA) is 125 Å². The van der Waals surface area contributed by atoms with Gasteiger partial charge in [-0.2, -0.15) is 13.2 Å². The van der Waals surface area contributed by atoms with Gasteiger partial charge in [-0.25, -0.2) is 9.59 Å².